The van der Waals surface area contributed by atoms with Crippen LogP contribution in [0, 0.1) is 5.92 Å². The third kappa shape index (κ3) is 13.8. The van der Waals surface area contributed by atoms with Crippen molar-refractivity contribution in [3.8, 4) is 0 Å². The fourth-order valence-electron chi connectivity index (χ4n) is 1.79. The molecular formula is C17H33N3O4S. The first-order chi connectivity index (χ1) is 11.7. The van der Waals surface area contributed by atoms with Crippen LogP contribution >= 0.6 is 11.8 Å². The number of nitrogens with one attached hydrogen (secondary N) is 2. The SMILES string of the molecule is CC(C)SCCNC(=O)C[C@@H](N)C(=O)NCCOCCC(=O)C(C)C. The summed E-state index contributed by atoms with van der Waals surface area (Å²) in [5.74, 6) is 0.394. The molecule has 7 nitrogen and oxygen atoms in total. The Morgan fingerprint density at radius 3 is 2.32 bits per heavy atom. The van der Waals surface area contributed by atoms with Gasteiger partial charge in [-0.2, -0.15) is 11.8 Å². The highest BCUT2D eigenvalue weighted by Crippen LogP contribution is 2.06. The topological polar surface area (TPSA) is 111 Å². The van der Waals surface area contributed by atoms with Crippen LogP contribution in [-0.2, 0) is 19.1 Å². The molecule has 0 heterocycles. The number of nitrogens with two attached hydrogens (primary N) is 1. The summed E-state index contributed by atoms with van der Waals surface area (Å²) in [5.41, 5.74) is 5.72. The van der Waals surface area contributed by atoms with Gasteiger partial charge in [-0.25, -0.2) is 0 Å². The summed E-state index contributed by atoms with van der Waals surface area (Å²) in [6.07, 6.45) is 0.336. The van der Waals surface area contributed by atoms with Crippen LogP contribution in [0.5, 0.6) is 0 Å². The van der Waals surface area contributed by atoms with Crippen LogP contribution in [0.25, 0.3) is 0 Å². The Bertz CT molecular complexity index is 417. The van der Waals surface area contributed by atoms with Gasteiger partial charge in [-0.05, 0) is 5.25 Å². The zero-order valence-electron chi connectivity index (χ0n) is 15.8. The molecule has 0 aromatic rings. The second-order valence-electron chi connectivity index (χ2n) is 6.35. The molecule has 0 rings (SSSR count). The second kappa shape index (κ2) is 14.1. The van der Waals surface area contributed by atoms with E-state index in [1.54, 1.807) is 11.8 Å². The zero-order chi connectivity index (χ0) is 19.2. The highest BCUT2D eigenvalue weighted by Gasteiger charge is 2.16. The molecule has 4 N–H and O–H groups in total. The van der Waals surface area contributed by atoms with E-state index in [0.717, 1.165) is 5.75 Å². The Hall–Kier alpha value is -1.12. The van der Waals surface area contributed by atoms with Gasteiger partial charge in [0.15, 0.2) is 0 Å². The molecule has 25 heavy (non-hydrogen) atoms. The Labute approximate surface area is 155 Å². The van der Waals surface area contributed by atoms with Crippen molar-refractivity contribution in [3.05, 3.63) is 0 Å². The normalized spacial score (nSPS) is 12.3. The number of hydrogen-bond donors (Lipinski definition) is 3. The van der Waals surface area contributed by atoms with Gasteiger partial charge in [-0.3, -0.25) is 14.4 Å². The van der Waals surface area contributed by atoms with E-state index in [1.165, 1.54) is 0 Å². The molecule has 0 unspecified atom stereocenters. The number of rotatable bonds is 14. The first-order valence-electron chi connectivity index (χ1n) is 8.76. The molecule has 0 aliphatic carbocycles. The minimum absolute atomic E-state index is 0.0106. The third-order valence-corrected chi connectivity index (χ3v) is 4.41. The van der Waals surface area contributed by atoms with Crippen LogP contribution in [0.2, 0.25) is 0 Å². The summed E-state index contributed by atoms with van der Waals surface area (Å²) in [6.45, 7) is 9.41. The maximum atomic E-state index is 11.8. The summed E-state index contributed by atoms with van der Waals surface area (Å²) >= 11 is 1.76. The number of carbonyl (C=O) groups excluding carboxylic acids is 3. The molecule has 0 aliphatic rings. The number of amides is 2. The molecule has 0 aromatic heterocycles. The first-order valence-corrected chi connectivity index (χ1v) is 9.81. The highest BCUT2D eigenvalue weighted by atomic mass is 32.2. The Kier molecular flexibility index (Phi) is 13.5. The summed E-state index contributed by atoms with van der Waals surface area (Å²) in [6, 6.07) is -0.875. The molecule has 0 saturated carbocycles. The van der Waals surface area contributed by atoms with Gasteiger partial charge in [-0.15, -0.1) is 0 Å². The predicted molar refractivity (Wildman–Crippen MR) is 101 cm³/mol. The first kappa shape index (κ1) is 23.9. The summed E-state index contributed by atoms with van der Waals surface area (Å²) in [4.78, 5) is 34.9. The quantitative estimate of drug-likeness (QED) is 0.386. The lowest BCUT2D eigenvalue weighted by molar-refractivity contribution is -0.127. The number of thioether (sulfide) groups is 1. The Morgan fingerprint density at radius 2 is 1.72 bits per heavy atom. The van der Waals surface area contributed by atoms with Crippen molar-refractivity contribution in [2.45, 2.75) is 51.8 Å². The van der Waals surface area contributed by atoms with Crippen molar-refractivity contribution in [1.82, 2.24) is 10.6 Å². The standard InChI is InChI=1S/C17H33N3O4S/c1-12(2)15(21)5-8-24-9-6-20-17(23)14(18)11-16(22)19-7-10-25-13(3)4/h12-14H,5-11,18H2,1-4H3,(H,19,22)(H,20,23)/t14-/m1/s1. The van der Waals surface area contributed by atoms with Crippen LogP contribution in [0.3, 0.4) is 0 Å². The van der Waals surface area contributed by atoms with Crippen molar-refractivity contribution >= 4 is 29.4 Å². The number of ether oxygens (including phenoxy) is 1. The maximum absolute atomic E-state index is 11.8. The van der Waals surface area contributed by atoms with E-state index in [-0.39, 0.29) is 29.9 Å². The van der Waals surface area contributed by atoms with E-state index >= 15 is 0 Å². The average molecular weight is 376 g/mol. The molecular weight excluding hydrogens is 342 g/mol. The van der Waals surface area contributed by atoms with Crippen molar-refractivity contribution < 1.29 is 19.1 Å². The van der Waals surface area contributed by atoms with Gasteiger partial charge in [0.2, 0.25) is 11.8 Å². The molecule has 0 fully saturated rings. The molecule has 8 heteroatoms. The molecule has 2 amide bonds. The van der Waals surface area contributed by atoms with E-state index in [9.17, 15) is 14.4 Å². The van der Waals surface area contributed by atoms with E-state index in [0.29, 0.717) is 38.0 Å². The molecule has 0 bridgehead atoms. The van der Waals surface area contributed by atoms with Crippen LogP contribution in [0.15, 0.2) is 0 Å². The lowest BCUT2D eigenvalue weighted by atomic mass is 10.1. The van der Waals surface area contributed by atoms with E-state index in [1.807, 2.05) is 13.8 Å². The van der Waals surface area contributed by atoms with Crippen molar-refractivity contribution in [2.75, 3.05) is 32.1 Å². The Morgan fingerprint density at radius 1 is 1.04 bits per heavy atom. The molecule has 146 valence electrons. The number of hydrogen-bond acceptors (Lipinski definition) is 6. The van der Waals surface area contributed by atoms with E-state index < -0.39 is 6.04 Å². The van der Waals surface area contributed by atoms with Crippen LogP contribution in [-0.4, -0.2) is 60.9 Å². The largest absolute Gasteiger partial charge is 0.379 e. The van der Waals surface area contributed by atoms with E-state index in [2.05, 4.69) is 24.5 Å². The van der Waals surface area contributed by atoms with E-state index in [4.69, 9.17) is 10.5 Å². The predicted octanol–water partition coefficient (Wildman–Crippen LogP) is 0.710. The maximum Gasteiger partial charge on any atom is 0.237 e. The fraction of sp³-hybridized carbons (Fsp3) is 0.824. The van der Waals surface area contributed by atoms with Crippen molar-refractivity contribution in [3.63, 3.8) is 0 Å². The van der Waals surface area contributed by atoms with Gasteiger partial charge in [0.05, 0.1) is 25.7 Å². The van der Waals surface area contributed by atoms with Crippen LogP contribution < -0.4 is 16.4 Å². The smallest absolute Gasteiger partial charge is 0.237 e. The fourth-order valence-corrected chi connectivity index (χ4v) is 2.48. The molecule has 0 aliphatic heterocycles. The van der Waals surface area contributed by atoms with Gasteiger partial charge in [0.1, 0.15) is 5.78 Å². The Balaban J connectivity index is 3.71. The number of carbonyl (C=O) groups is 3. The molecule has 1 atom stereocenters. The lowest BCUT2D eigenvalue weighted by Crippen LogP contribution is -2.45. The van der Waals surface area contributed by atoms with Gasteiger partial charge >= 0.3 is 0 Å². The highest BCUT2D eigenvalue weighted by molar-refractivity contribution is 7.99. The molecule has 0 spiro atoms. The second-order valence-corrected chi connectivity index (χ2v) is 8.04. The molecule has 0 saturated heterocycles. The zero-order valence-corrected chi connectivity index (χ0v) is 16.6. The van der Waals surface area contributed by atoms with Crippen LogP contribution in [0.1, 0.15) is 40.5 Å². The minimum Gasteiger partial charge on any atom is -0.379 e. The minimum atomic E-state index is -0.875. The van der Waals surface area contributed by atoms with Gasteiger partial charge in [0.25, 0.3) is 0 Å². The lowest BCUT2D eigenvalue weighted by Gasteiger charge is -2.13. The van der Waals surface area contributed by atoms with Crippen LogP contribution in [0.4, 0.5) is 0 Å². The third-order valence-electron chi connectivity index (χ3n) is 3.30. The number of Topliss-reactive ketones (excluding diaryl/α,β-unsaturated/α-hetero) is 1. The molecule has 0 radical (unpaired) electrons. The average Bonchev–Trinajstić information content (AvgIpc) is 2.53. The molecule has 0 aromatic carbocycles. The van der Waals surface area contributed by atoms with Gasteiger partial charge in [0, 0.05) is 31.2 Å². The van der Waals surface area contributed by atoms with Crippen molar-refractivity contribution in [1.29, 1.82) is 0 Å². The monoisotopic (exact) mass is 375 g/mol. The van der Waals surface area contributed by atoms with Gasteiger partial charge < -0.3 is 21.1 Å². The summed E-state index contributed by atoms with van der Waals surface area (Å²) in [7, 11) is 0. The van der Waals surface area contributed by atoms with Gasteiger partial charge in [-0.1, -0.05) is 27.7 Å². The number of ketones is 1. The van der Waals surface area contributed by atoms with Crippen molar-refractivity contribution in [2.24, 2.45) is 11.7 Å². The summed E-state index contributed by atoms with van der Waals surface area (Å²) in [5, 5.41) is 5.90. The summed E-state index contributed by atoms with van der Waals surface area (Å²) < 4.78 is 5.29.